The zero-order valence-electron chi connectivity index (χ0n) is 24.1. The molecule has 0 radical (unpaired) electrons. The highest BCUT2D eigenvalue weighted by Crippen LogP contribution is 2.26. The third kappa shape index (κ3) is 6.42. The zero-order chi connectivity index (χ0) is 28.6. The number of aromatic nitrogens is 2. The first-order valence-corrected chi connectivity index (χ1v) is 14.0. The van der Waals surface area contributed by atoms with Crippen molar-refractivity contribution in [1.82, 2.24) is 14.5 Å². The van der Waals surface area contributed by atoms with Gasteiger partial charge in [0.25, 0.3) is 11.5 Å². The van der Waals surface area contributed by atoms with Crippen LogP contribution in [0, 0.1) is 13.8 Å². The van der Waals surface area contributed by atoms with E-state index in [0.717, 1.165) is 35.4 Å². The van der Waals surface area contributed by atoms with Crippen LogP contribution >= 0.6 is 0 Å². The molecule has 0 bridgehead atoms. The Morgan fingerprint density at radius 2 is 1.73 bits per heavy atom. The molecule has 0 saturated carbocycles. The van der Waals surface area contributed by atoms with Crippen LogP contribution in [0.1, 0.15) is 66.5 Å². The van der Waals surface area contributed by atoms with Crippen molar-refractivity contribution >= 4 is 16.8 Å². The maximum absolute atomic E-state index is 13.9. The number of hydrogen-bond acceptors (Lipinski definition) is 5. The average Bonchev–Trinajstić information content (AvgIpc) is 2.97. The summed E-state index contributed by atoms with van der Waals surface area (Å²) in [7, 11) is 1.65. The van der Waals surface area contributed by atoms with Crippen LogP contribution < -0.4 is 10.3 Å². The van der Waals surface area contributed by atoms with E-state index >= 15 is 0 Å². The summed E-state index contributed by atoms with van der Waals surface area (Å²) in [6.45, 7) is 9.72. The summed E-state index contributed by atoms with van der Waals surface area (Å²) in [5, 5.41) is 0.535. The molecule has 1 amide bonds. The van der Waals surface area contributed by atoms with E-state index in [2.05, 4.69) is 6.92 Å². The highest BCUT2D eigenvalue weighted by molar-refractivity contribution is 5.94. The van der Waals surface area contributed by atoms with Gasteiger partial charge < -0.3 is 14.4 Å². The lowest BCUT2D eigenvalue weighted by molar-refractivity contribution is 0.0657. The molecule has 3 aromatic carbocycles. The van der Waals surface area contributed by atoms with Gasteiger partial charge in [0.05, 0.1) is 29.2 Å². The van der Waals surface area contributed by atoms with Crippen LogP contribution in [0.15, 0.2) is 71.5 Å². The fraction of sp³-hybridized carbons (Fsp3) is 0.364. The summed E-state index contributed by atoms with van der Waals surface area (Å²) in [6.07, 6.45) is 2.68. The Balaban J connectivity index is 1.78. The number of rotatable bonds is 12. The Labute approximate surface area is 236 Å². The van der Waals surface area contributed by atoms with Crippen molar-refractivity contribution in [2.75, 3.05) is 26.9 Å². The van der Waals surface area contributed by atoms with Crippen LogP contribution in [0.5, 0.6) is 5.75 Å². The normalized spacial score (nSPS) is 11.9. The molecule has 0 aliphatic carbocycles. The Kier molecular flexibility index (Phi) is 9.72. The Bertz CT molecular complexity index is 1510. The standard InChI is InChI=1S/C33H39N3O4/c1-6-7-21-40-28-17-14-26(15-18-28)32(37)35(19-10-20-39-5)25(4)31-34-30-12-9-8-11-29(30)33(38)36(31)27-16-13-23(2)24(3)22-27/h8-9,11-18,22,25H,6-7,10,19-21H2,1-5H3. The van der Waals surface area contributed by atoms with Crippen molar-refractivity contribution in [1.29, 1.82) is 0 Å². The van der Waals surface area contributed by atoms with Crippen molar-refractivity contribution < 1.29 is 14.3 Å². The van der Waals surface area contributed by atoms with Gasteiger partial charge in [-0.3, -0.25) is 14.2 Å². The van der Waals surface area contributed by atoms with Gasteiger partial charge in [-0.05, 0) is 93.3 Å². The van der Waals surface area contributed by atoms with Crippen LogP contribution in [0.4, 0.5) is 0 Å². The second-order valence-electron chi connectivity index (χ2n) is 10.1. The Morgan fingerprint density at radius 1 is 0.975 bits per heavy atom. The number of para-hydroxylation sites is 1. The first-order valence-electron chi connectivity index (χ1n) is 14.0. The highest BCUT2D eigenvalue weighted by atomic mass is 16.5. The zero-order valence-corrected chi connectivity index (χ0v) is 24.1. The summed E-state index contributed by atoms with van der Waals surface area (Å²) in [6, 6.07) is 20.0. The lowest BCUT2D eigenvalue weighted by Crippen LogP contribution is -2.38. The van der Waals surface area contributed by atoms with Gasteiger partial charge in [0.1, 0.15) is 11.6 Å². The number of carbonyl (C=O) groups is 1. The van der Waals surface area contributed by atoms with Crippen LogP contribution in [-0.2, 0) is 4.74 Å². The molecule has 4 aromatic rings. The third-order valence-corrected chi connectivity index (χ3v) is 7.27. The van der Waals surface area contributed by atoms with E-state index < -0.39 is 6.04 Å². The minimum Gasteiger partial charge on any atom is -0.494 e. The predicted molar refractivity (Wildman–Crippen MR) is 160 cm³/mol. The number of methoxy groups -OCH3 is 1. The monoisotopic (exact) mass is 541 g/mol. The van der Waals surface area contributed by atoms with Crippen LogP contribution in [-0.4, -0.2) is 47.2 Å². The molecule has 0 aliphatic rings. The number of aryl methyl sites for hydroxylation is 2. The molecule has 0 saturated heterocycles. The largest absolute Gasteiger partial charge is 0.494 e. The van der Waals surface area contributed by atoms with Gasteiger partial charge in [-0.2, -0.15) is 0 Å². The van der Waals surface area contributed by atoms with Gasteiger partial charge in [0, 0.05) is 25.8 Å². The molecule has 0 spiro atoms. The van der Waals surface area contributed by atoms with Crippen molar-refractivity contribution in [3.8, 4) is 11.4 Å². The van der Waals surface area contributed by atoms with Gasteiger partial charge >= 0.3 is 0 Å². The number of fused-ring (bicyclic) bond motifs is 1. The molecule has 0 fully saturated rings. The number of benzene rings is 3. The molecule has 0 aliphatic heterocycles. The quantitative estimate of drug-likeness (QED) is 0.194. The molecule has 7 heteroatoms. The molecular weight excluding hydrogens is 502 g/mol. The highest BCUT2D eigenvalue weighted by Gasteiger charge is 2.27. The van der Waals surface area contributed by atoms with Crippen molar-refractivity contribution in [3.63, 3.8) is 0 Å². The first kappa shape index (κ1) is 29.0. The molecule has 7 nitrogen and oxygen atoms in total. The van der Waals surface area contributed by atoms with Crippen molar-refractivity contribution in [3.05, 3.63) is 99.6 Å². The fourth-order valence-corrected chi connectivity index (χ4v) is 4.73. The summed E-state index contributed by atoms with van der Waals surface area (Å²) >= 11 is 0. The smallest absolute Gasteiger partial charge is 0.266 e. The molecule has 4 rings (SSSR count). The number of hydrogen-bond donors (Lipinski definition) is 0. The van der Waals surface area contributed by atoms with E-state index in [4.69, 9.17) is 14.5 Å². The van der Waals surface area contributed by atoms with E-state index in [9.17, 15) is 9.59 Å². The summed E-state index contributed by atoms with van der Waals surface area (Å²) in [5.41, 5.74) is 3.93. The molecule has 1 heterocycles. The average molecular weight is 542 g/mol. The topological polar surface area (TPSA) is 73.7 Å². The van der Waals surface area contributed by atoms with Gasteiger partial charge in [0.15, 0.2) is 0 Å². The Morgan fingerprint density at radius 3 is 2.42 bits per heavy atom. The number of nitrogens with zero attached hydrogens (tertiary/aromatic N) is 3. The molecule has 1 aromatic heterocycles. The minimum absolute atomic E-state index is 0.141. The van der Waals surface area contributed by atoms with E-state index in [-0.39, 0.29) is 11.5 Å². The van der Waals surface area contributed by atoms with Gasteiger partial charge in [0.2, 0.25) is 0 Å². The maximum Gasteiger partial charge on any atom is 0.266 e. The molecule has 40 heavy (non-hydrogen) atoms. The lowest BCUT2D eigenvalue weighted by atomic mass is 10.1. The van der Waals surface area contributed by atoms with Gasteiger partial charge in [-0.1, -0.05) is 31.5 Å². The minimum atomic E-state index is -0.497. The SMILES string of the molecule is CCCCOc1ccc(C(=O)N(CCCOC)C(C)c2nc3ccccc3c(=O)n2-c2ccc(C)c(C)c2)cc1. The van der Waals surface area contributed by atoms with E-state index in [0.29, 0.717) is 48.5 Å². The lowest BCUT2D eigenvalue weighted by Gasteiger charge is -2.31. The molecule has 210 valence electrons. The van der Waals surface area contributed by atoms with Gasteiger partial charge in [-0.25, -0.2) is 4.98 Å². The number of amides is 1. The van der Waals surface area contributed by atoms with Crippen molar-refractivity contribution in [2.24, 2.45) is 0 Å². The summed E-state index contributed by atoms with van der Waals surface area (Å²) in [5.74, 6) is 1.11. The fourth-order valence-electron chi connectivity index (χ4n) is 4.73. The van der Waals surface area contributed by atoms with E-state index in [1.807, 2.05) is 69.3 Å². The number of carbonyl (C=O) groups excluding carboxylic acids is 1. The van der Waals surface area contributed by atoms with Crippen LogP contribution in [0.2, 0.25) is 0 Å². The van der Waals surface area contributed by atoms with E-state index in [1.54, 1.807) is 34.8 Å². The van der Waals surface area contributed by atoms with Gasteiger partial charge in [-0.15, -0.1) is 0 Å². The first-order chi connectivity index (χ1) is 19.3. The summed E-state index contributed by atoms with van der Waals surface area (Å²) < 4.78 is 12.7. The van der Waals surface area contributed by atoms with Crippen LogP contribution in [0.3, 0.4) is 0 Å². The molecule has 1 atom stereocenters. The molecule has 0 N–H and O–H groups in total. The summed E-state index contributed by atoms with van der Waals surface area (Å²) in [4.78, 5) is 34.6. The Hall–Kier alpha value is -3.97. The van der Waals surface area contributed by atoms with E-state index in [1.165, 1.54) is 0 Å². The predicted octanol–water partition coefficient (Wildman–Crippen LogP) is 6.42. The second-order valence-corrected chi connectivity index (χ2v) is 10.1. The number of ether oxygens (including phenoxy) is 2. The number of unbranched alkanes of at least 4 members (excludes halogenated alkanes) is 1. The van der Waals surface area contributed by atoms with Crippen molar-refractivity contribution in [2.45, 2.75) is 53.0 Å². The maximum atomic E-state index is 13.9. The third-order valence-electron chi connectivity index (χ3n) is 7.27. The second kappa shape index (κ2) is 13.4. The molecule has 1 unspecified atom stereocenters. The molecular formula is C33H39N3O4. The van der Waals surface area contributed by atoms with Crippen LogP contribution in [0.25, 0.3) is 16.6 Å².